The number of nitrogens with one attached hydrogen (secondary N) is 1. The number of carbonyl (C=O) groups is 1. The Hall–Kier alpha value is -2.89. The van der Waals surface area contributed by atoms with E-state index in [0.717, 1.165) is 17.7 Å². The van der Waals surface area contributed by atoms with Gasteiger partial charge in [0, 0.05) is 5.56 Å². The van der Waals surface area contributed by atoms with Crippen molar-refractivity contribution in [3.8, 4) is 11.5 Å². The van der Waals surface area contributed by atoms with Gasteiger partial charge in [-0.2, -0.15) is 5.10 Å². The number of nitrogens with zero attached hydrogens (tertiary/aromatic N) is 1. The van der Waals surface area contributed by atoms with Gasteiger partial charge in [0.1, 0.15) is 17.3 Å². The Morgan fingerprint density at radius 2 is 1.72 bits per heavy atom. The second-order valence-corrected chi connectivity index (χ2v) is 6.69. The molecular formula is C23H29FN2O3. The number of para-hydroxylation sites is 1. The molecule has 0 aromatic heterocycles. The average Bonchev–Trinajstić information content (AvgIpc) is 2.73. The lowest BCUT2D eigenvalue weighted by Crippen LogP contribution is -2.24. The third-order valence-electron chi connectivity index (χ3n) is 4.25. The van der Waals surface area contributed by atoms with Crippen molar-refractivity contribution in [2.45, 2.75) is 45.4 Å². The van der Waals surface area contributed by atoms with Crippen molar-refractivity contribution >= 4 is 12.1 Å². The number of unbranched alkanes of at least 4 members (excludes halogenated alkanes) is 5. The van der Waals surface area contributed by atoms with Crippen molar-refractivity contribution < 1.29 is 18.7 Å². The van der Waals surface area contributed by atoms with Crippen LogP contribution in [0.2, 0.25) is 0 Å². The highest BCUT2D eigenvalue weighted by Gasteiger charge is 2.03. The van der Waals surface area contributed by atoms with Crippen LogP contribution in [0.1, 0.15) is 51.0 Å². The Morgan fingerprint density at radius 3 is 2.52 bits per heavy atom. The lowest BCUT2D eigenvalue weighted by atomic mass is 10.1. The van der Waals surface area contributed by atoms with Gasteiger partial charge in [0.15, 0.2) is 6.61 Å². The number of amides is 1. The molecule has 6 heteroatoms. The Balaban J connectivity index is 1.72. The van der Waals surface area contributed by atoms with Crippen molar-refractivity contribution in [1.29, 1.82) is 0 Å². The van der Waals surface area contributed by atoms with Gasteiger partial charge in [-0.05, 0) is 42.8 Å². The second kappa shape index (κ2) is 13.3. The van der Waals surface area contributed by atoms with Crippen LogP contribution in [0.5, 0.6) is 11.5 Å². The van der Waals surface area contributed by atoms with Crippen molar-refractivity contribution in [3.05, 3.63) is 59.9 Å². The molecule has 0 unspecified atom stereocenters. The molecule has 0 heterocycles. The zero-order valence-corrected chi connectivity index (χ0v) is 16.9. The molecule has 2 aromatic rings. The molecule has 29 heavy (non-hydrogen) atoms. The number of ether oxygens (including phenoxy) is 2. The van der Waals surface area contributed by atoms with Crippen LogP contribution in [-0.2, 0) is 4.79 Å². The first-order chi connectivity index (χ1) is 14.2. The van der Waals surface area contributed by atoms with Gasteiger partial charge in [0.25, 0.3) is 5.91 Å². The summed E-state index contributed by atoms with van der Waals surface area (Å²) in [4.78, 5) is 11.8. The van der Waals surface area contributed by atoms with Gasteiger partial charge in [-0.1, -0.05) is 51.2 Å². The van der Waals surface area contributed by atoms with Crippen LogP contribution in [-0.4, -0.2) is 25.3 Å². The Morgan fingerprint density at radius 1 is 1.00 bits per heavy atom. The zero-order chi connectivity index (χ0) is 20.7. The van der Waals surface area contributed by atoms with E-state index in [1.54, 1.807) is 6.21 Å². The molecule has 0 saturated carbocycles. The van der Waals surface area contributed by atoms with Crippen LogP contribution in [0.4, 0.5) is 4.39 Å². The topological polar surface area (TPSA) is 59.9 Å². The van der Waals surface area contributed by atoms with Crippen LogP contribution in [0.3, 0.4) is 0 Å². The van der Waals surface area contributed by atoms with Gasteiger partial charge in [0.05, 0.1) is 12.8 Å². The van der Waals surface area contributed by atoms with E-state index in [9.17, 15) is 9.18 Å². The summed E-state index contributed by atoms with van der Waals surface area (Å²) in [7, 11) is 0. The first-order valence-electron chi connectivity index (χ1n) is 10.1. The smallest absolute Gasteiger partial charge is 0.277 e. The predicted molar refractivity (Wildman–Crippen MR) is 113 cm³/mol. The molecule has 0 fully saturated rings. The van der Waals surface area contributed by atoms with Gasteiger partial charge in [-0.25, -0.2) is 9.82 Å². The summed E-state index contributed by atoms with van der Waals surface area (Å²) in [5, 5.41) is 3.96. The van der Waals surface area contributed by atoms with Crippen molar-refractivity contribution in [2.75, 3.05) is 13.2 Å². The van der Waals surface area contributed by atoms with Crippen molar-refractivity contribution in [2.24, 2.45) is 5.10 Å². The van der Waals surface area contributed by atoms with E-state index in [1.807, 2.05) is 24.3 Å². The molecule has 1 amide bonds. The summed E-state index contributed by atoms with van der Waals surface area (Å²) in [5.74, 6) is 0.389. The third-order valence-corrected chi connectivity index (χ3v) is 4.25. The van der Waals surface area contributed by atoms with Crippen LogP contribution < -0.4 is 14.9 Å². The minimum Gasteiger partial charge on any atom is -0.493 e. The normalized spacial score (nSPS) is 10.8. The summed E-state index contributed by atoms with van der Waals surface area (Å²) < 4.78 is 24.0. The molecule has 0 aliphatic carbocycles. The van der Waals surface area contributed by atoms with Crippen molar-refractivity contribution in [1.82, 2.24) is 5.43 Å². The van der Waals surface area contributed by atoms with Crippen LogP contribution in [0.25, 0.3) is 0 Å². The largest absolute Gasteiger partial charge is 0.493 e. The summed E-state index contributed by atoms with van der Waals surface area (Å²) in [6.45, 7) is 2.66. The molecule has 2 rings (SSSR count). The second-order valence-electron chi connectivity index (χ2n) is 6.69. The first-order valence-corrected chi connectivity index (χ1v) is 10.1. The summed E-state index contributed by atoms with van der Waals surface area (Å²) >= 11 is 0. The number of carbonyl (C=O) groups excluding carboxylic acids is 1. The zero-order valence-electron chi connectivity index (χ0n) is 16.9. The molecule has 156 valence electrons. The number of hydrogen-bond donors (Lipinski definition) is 1. The van der Waals surface area contributed by atoms with E-state index in [-0.39, 0.29) is 12.4 Å². The van der Waals surface area contributed by atoms with Crippen molar-refractivity contribution in [3.63, 3.8) is 0 Å². The fraction of sp³-hybridized carbons (Fsp3) is 0.391. The Labute approximate surface area is 171 Å². The van der Waals surface area contributed by atoms with Gasteiger partial charge in [-0.15, -0.1) is 0 Å². The highest BCUT2D eigenvalue weighted by atomic mass is 19.1. The van der Waals surface area contributed by atoms with Gasteiger partial charge < -0.3 is 9.47 Å². The molecule has 0 aliphatic heterocycles. The molecule has 0 atom stereocenters. The number of halogens is 1. The lowest BCUT2D eigenvalue weighted by molar-refractivity contribution is -0.123. The van der Waals surface area contributed by atoms with E-state index in [2.05, 4.69) is 17.5 Å². The minimum absolute atomic E-state index is 0.209. The van der Waals surface area contributed by atoms with E-state index in [4.69, 9.17) is 9.47 Å². The SMILES string of the molecule is CCCCCCCCOc1ccccc1/C=N\NC(=O)COc1ccc(F)cc1. The maximum Gasteiger partial charge on any atom is 0.277 e. The highest BCUT2D eigenvalue weighted by Crippen LogP contribution is 2.16. The first kappa shape index (κ1) is 22.4. The minimum atomic E-state index is -0.406. The fourth-order valence-corrected chi connectivity index (χ4v) is 2.67. The standard InChI is InChI=1S/C23H29FN2O3/c1-2-3-4-5-6-9-16-28-22-11-8-7-10-19(22)17-25-26-23(27)18-29-21-14-12-20(24)13-15-21/h7-8,10-15,17H,2-6,9,16,18H2,1H3,(H,26,27)/b25-17-. The summed E-state index contributed by atoms with van der Waals surface area (Å²) in [6.07, 6.45) is 8.80. The van der Waals surface area contributed by atoms with Crippen LogP contribution in [0, 0.1) is 5.82 Å². The Kier molecular flexibility index (Phi) is 10.3. The quantitative estimate of drug-likeness (QED) is 0.289. The molecule has 5 nitrogen and oxygen atoms in total. The fourth-order valence-electron chi connectivity index (χ4n) is 2.67. The maximum absolute atomic E-state index is 12.8. The van der Waals surface area contributed by atoms with E-state index >= 15 is 0 Å². The molecule has 1 N–H and O–H groups in total. The number of benzene rings is 2. The molecule has 0 bridgehead atoms. The number of hydrazone groups is 1. The molecule has 2 aromatic carbocycles. The lowest BCUT2D eigenvalue weighted by Gasteiger charge is -2.09. The number of hydrogen-bond acceptors (Lipinski definition) is 4. The summed E-state index contributed by atoms with van der Waals surface area (Å²) in [5.41, 5.74) is 3.20. The molecule has 0 saturated heterocycles. The van der Waals surface area contributed by atoms with Gasteiger partial charge >= 0.3 is 0 Å². The molecular weight excluding hydrogens is 371 g/mol. The third kappa shape index (κ3) is 9.23. The maximum atomic E-state index is 12.8. The predicted octanol–water partition coefficient (Wildman–Crippen LogP) is 5.09. The monoisotopic (exact) mass is 400 g/mol. The average molecular weight is 400 g/mol. The summed E-state index contributed by atoms with van der Waals surface area (Å²) in [6, 6.07) is 13.0. The molecule has 0 radical (unpaired) electrons. The van der Waals surface area contributed by atoms with Crippen LogP contribution in [0.15, 0.2) is 53.6 Å². The van der Waals surface area contributed by atoms with E-state index < -0.39 is 5.91 Å². The van der Waals surface area contributed by atoms with Gasteiger partial charge in [0.2, 0.25) is 0 Å². The number of rotatable bonds is 13. The van der Waals surface area contributed by atoms with Crippen LogP contribution >= 0.6 is 0 Å². The van der Waals surface area contributed by atoms with Gasteiger partial charge in [-0.3, -0.25) is 4.79 Å². The highest BCUT2D eigenvalue weighted by molar-refractivity contribution is 5.85. The van der Waals surface area contributed by atoms with E-state index in [0.29, 0.717) is 12.4 Å². The molecule has 0 spiro atoms. The van der Waals surface area contributed by atoms with E-state index in [1.165, 1.54) is 56.4 Å². The Bertz CT molecular complexity index is 763. The molecule has 0 aliphatic rings.